The highest BCUT2D eigenvalue weighted by atomic mass is 19.1. The van der Waals surface area contributed by atoms with Crippen LogP contribution in [-0.4, -0.2) is 320 Å². The van der Waals surface area contributed by atoms with E-state index in [2.05, 4.69) is 274 Å². The summed E-state index contributed by atoms with van der Waals surface area (Å²) in [4.78, 5) is 29.4. The Balaban J connectivity index is 0.00000105. The van der Waals surface area contributed by atoms with Crippen LogP contribution in [0, 0.1) is 5.92 Å². The number of nitrogens with zero attached hydrogens (tertiary/aromatic N) is 12. The Morgan fingerprint density at radius 3 is 1.02 bits per heavy atom. The third-order valence-corrected chi connectivity index (χ3v) is 21.1. The summed E-state index contributed by atoms with van der Waals surface area (Å²) in [5.41, 5.74) is 1.45. The predicted molar refractivity (Wildman–Crippen MR) is 416 cm³/mol. The van der Waals surface area contributed by atoms with Crippen LogP contribution in [0.25, 0.3) is 0 Å². The number of hydrogen-bond donors (Lipinski definition) is 1. The molecule has 15 heteroatoms. The van der Waals surface area contributed by atoms with Gasteiger partial charge in [-0.3, -0.25) is 39.2 Å². The van der Waals surface area contributed by atoms with Gasteiger partial charge in [0.05, 0.1) is 12.2 Å². The molecule has 8 aliphatic rings. The van der Waals surface area contributed by atoms with Crippen molar-refractivity contribution in [2.45, 2.75) is 353 Å². The largest absolute Gasteiger partial charge is 0.373 e. The molecule has 1 N–H and O–H groups in total. The smallest absolute Gasteiger partial charge is 0.128 e. The minimum absolute atomic E-state index is 0. The van der Waals surface area contributed by atoms with Crippen LogP contribution < -0.4 is 5.32 Å². The molecular weight excluding hydrogens is 1170 g/mol. The topological polar surface area (TPSA) is 60.1 Å². The van der Waals surface area contributed by atoms with Crippen LogP contribution in [-0.2, 0) is 4.74 Å². The molecule has 0 unspecified atom stereocenters. The molecule has 8 atom stereocenters. The van der Waals surface area contributed by atoms with Gasteiger partial charge in [-0.15, -0.1) is 0 Å². The first-order chi connectivity index (χ1) is 42.7. The summed E-state index contributed by atoms with van der Waals surface area (Å²) in [6.07, 6.45) is 12.2. The molecule has 0 saturated carbocycles. The van der Waals surface area contributed by atoms with Crippen molar-refractivity contribution in [2.75, 3.05) is 160 Å². The number of piperidine rings is 2. The lowest BCUT2D eigenvalue weighted by Crippen LogP contribution is -2.55. The predicted octanol–water partition coefficient (Wildman–Crippen LogP) is 14.0. The SMILES string of the molecule is C.CC(C)N1CCCCCC1.CC(C)N1CCN(C(C)(C)C)CC1.CC(C)N1CC[C@@H](N(C)C)[C@@H](F)C1.CC(C)N1C[C@@H](C)N[C@@H](C)C1.CC(C)N1C[C@@H](C)O[C@@H](C)C1.CN(C)C1CCN(C(C)(C)C)CC1.CN(C)[C@H]1CCN(C(C)(C)C)C1.C[C@@H]1CCN(C(C)(C)C)C1. The molecule has 0 radical (unpaired) electrons. The van der Waals surface area contributed by atoms with Gasteiger partial charge < -0.3 is 29.7 Å². The second-order valence-electron chi connectivity index (χ2n) is 36.0. The fraction of sp³-hybridized carbons (Fsp3) is 1.00. The Kier molecular flexibility index (Phi) is 45.1. The van der Waals surface area contributed by atoms with Crippen LogP contribution in [0.15, 0.2) is 0 Å². The number of alkyl halides is 1. The third-order valence-electron chi connectivity index (χ3n) is 21.1. The van der Waals surface area contributed by atoms with E-state index in [-0.39, 0.29) is 13.5 Å². The van der Waals surface area contributed by atoms with Crippen molar-refractivity contribution in [3.8, 4) is 0 Å². The van der Waals surface area contributed by atoms with E-state index in [1.807, 2.05) is 19.0 Å². The van der Waals surface area contributed by atoms with Gasteiger partial charge in [-0.05, 0) is 293 Å². The van der Waals surface area contributed by atoms with Crippen LogP contribution in [0.2, 0.25) is 0 Å². The lowest BCUT2D eigenvalue weighted by Gasteiger charge is -2.43. The van der Waals surface area contributed by atoms with Gasteiger partial charge in [0.1, 0.15) is 6.17 Å². The highest BCUT2D eigenvalue weighted by Crippen LogP contribution is 2.26. The number of ether oxygens (including phenoxy) is 1. The summed E-state index contributed by atoms with van der Waals surface area (Å²) in [5.74, 6) is 0.916. The molecule has 0 aromatic rings. The number of likely N-dealkylation sites (tertiary alicyclic amines) is 5. The fourth-order valence-electron chi connectivity index (χ4n) is 14.3. The second-order valence-corrected chi connectivity index (χ2v) is 36.0. The molecular formula is C79H172FN13O. The van der Waals surface area contributed by atoms with E-state index in [0.717, 1.165) is 50.1 Å². The Morgan fingerprint density at radius 2 is 0.702 bits per heavy atom. The first-order valence-corrected chi connectivity index (χ1v) is 38.5. The monoisotopic (exact) mass is 1340 g/mol. The van der Waals surface area contributed by atoms with E-state index >= 15 is 0 Å². The van der Waals surface area contributed by atoms with Crippen molar-refractivity contribution < 1.29 is 9.13 Å². The summed E-state index contributed by atoms with van der Waals surface area (Å²) < 4.78 is 19.3. The Morgan fingerprint density at radius 1 is 0.351 bits per heavy atom. The molecule has 8 rings (SSSR count). The number of halogens is 1. The van der Waals surface area contributed by atoms with Gasteiger partial charge in [0, 0.05) is 181 Å². The summed E-state index contributed by atoms with van der Waals surface area (Å²) in [7, 11) is 12.7. The minimum Gasteiger partial charge on any atom is -0.373 e. The maximum Gasteiger partial charge on any atom is 0.128 e. The van der Waals surface area contributed by atoms with Crippen molar-refractivity contribution in [2.24, 2.45) is 5.92 Å². The first-order valence-electron chi connectivity index (χ1n) is 38.5. The van der Waals surface area contributed by atoms with E-state index in [1.54, 1.807) is 0 Å². The molecule has 0 aliphatic carbocycles. The first kappa shape index (κ1) is 93.4. The summed E-state index contributed by atoms with van der Waals surface area (Å²) in [5, 5.41) is 3.52. The maximum atomic E-state index is 13.6. The van der Waals surface area contributed by atoms with Gasteiger partial charge in [0.25, 0.3) is 0 Å². The average molecular weight is 1340 g/mol. The lowest BCUT2D eigenvalue weighted by molar-refractivity contribution is -0.0764. The zero-order valence-corrected chi connectivity index (χ0v) is 68.8. The molecule has 8 fully saturated rings. The van der Waals surface area contributed by atoms with E-state index in [9.17, 15) is 4.39 Å². The molecule has 0 bridgehead atoms. The molecule has 8 heterocycles. The van der Waals surface area contributed by atoms with Crippen LogP contribution in [0.3, 0.4) is 0 Å². The van der Waals surface area contributed by atoms with E-state index in [1.165, 1.54) is 143 Å². The van der Waals surface area contributed by atoms with Gasteiger partial charge in [-0.25, -0.2) is 4.39 Å². The summed E-state index contributed by atoms with van der Waals surface area (Å²) >= 11 is 0. The van der Waals surface area contributed by atoms with Crippen molar-refractivity contribution in [3.63, 3.8) is 0 Å². The zero-order valence-electron chi connectivity index (χ0n) is 68.8. The minimum atomic E-state index is -0.689. The summed E-state index contributed by atoms with van der Waals surface area (Å²) in [6.45, 7) is 82.5. The van der Waals surface area contributed by atoms with E-state index in [4.69, 9.17) is 4.74 Å². The molecule has 0 aromatic heterocycles. The van der Waals surface area contributed by atoms with Crippen LogP contribution >= 0.6 is 0 Å². The van der Waals surface area contributed by atoms with Gasteiger partial charge in [-0.2, -0.15) is 0 Å². The lowest BCUT2D eigenvalue weighted by atomic mass is 9.98. The van der Waals surface area contributed by atoms with Crippen molar-refractivity contribution in [3.05, 3.63) is 0 Å². The third kappa shape index (κ3) is 38.4. The second kappa shape index (κ2) is 45.4. The Bertz CT molecular complexity index is 1740. The van der Waals surface area contributed by atoms with Gasteiger partial charge in [0.15, 0.2) is 0 Å². The Hall–Kier alpha value is -0.630. The van der Waals surface area contributed by atoms with Crippen LogP contribution in [0.1, 0.15) is 252 Å². The maximum absolute atomic E-state index is 13.6. The number of hydrogen-bond acceptors (Lipinski definition) is 14. The molecule has 14 nitrogen and oxygen atoms in total. The van der Waals surface area contributed by atoms with Crippen molar-refractivity contribution in [1.29, 1.82) is 0 Å². The number of piperazine rings is 2. The van der Waals surface area contributed by atoms with Crippen LogP contribution in [0.5, 0.6) is 0 Å². The highest BCUT2D eigenvalue weighted by molar-refractivity contribution is 4.90. The van der Waals surface area contributed by atoms with Gasteiger partial charge >= 0.3 is 0 Å². The van der Waals surface area contributed by atoms with Crippen molar-refractivity contribution in [1.82, 2.24) is 64.1 Å². The molecule has 0 amide bonds. The van der Waals surface area contributed by atoms with Crippen molar-refractivity contribution >= 4 is 0 Å². The normalized spacial score (nSPS) is 27.8. The molecule has 8 aliphatic heterocycles. The summed E-state index contributed by atoms with van der Waals surface area (Å²) in [6, 6.07) is 6.30. The zero-order chi connectivity index (χ0) is 71.5. The number of nitrogens with one attached hydrogen (secondary N) is 1. The number of rotatable bonds is 8. The standard InChI is InChI=1S/2C11H24N2.C10H21FN2.C10H22N2.C9H20N2.C9H19NO.2C9H19N.CH4/c1-11(2,3)13-8-6-10(7-9-13)12(4)5;1-10(2)12-6-8-13(9-7-12)11(3,4)5;1-8(2)13-6-5-10(12(3)4)9(11)7-13;1-10(2,3)12-7-6-9(8-12)11(4)5;1-7(2)11-5-8(3)10-9(4)6-11;1-7(2)10-5-8(3)11-9(4)6-10;1-8-5-6-10(7-8)9(2,3)4;1-9(2)10-7-5-3-4-6-8-10;/h2*10H,6-9H2,1-5H3;8-10H,5-7H2,1-4H3;9H,6-8H2,1-5H3;7-10H,5-6H2,1-4H3;7-9H,5-6H2,1-4H3;8H,5-7H2,1-4H3;9H,3-8H2,1-2H3;1H4/t;;9-,10+;9-;2*8-,9+;8-;;/m..00..1../s1. The quantitative estimate of drug-likeness (QED) is 0.251. The molecule has 8 saturated heterocycles. The number of likely N-dealkylation sites (N-methyl/N-ethyl adjacent to an activating group) is 1. The highest BCUT2D eigenvalue weighted by Gasteiger charge is 2.34. The number of morpholine rings is 1. The van der Waals surface area contributed by atoms with Crippen LogP contribution in [0.4, 0.5) is 4.39 Å². The molecule has 0 aromatic carbocycles. The van der Waals surface area contributed by atoms with E-state index in [0.29, 0.717) is 77.2 Å². The molecule has 0 spiro atoms. The molecule has 566 valence electrons. The van der Waals surface area contributed by atoms with E-state index < -0.39 is 6.17 Å². The Labute approximate surface area is 589 Å². The molecule has 94 heavy (non-hydrogen) atoms. The van der Waals surface area contributed by atoms with Gasteiger partial charge in [-0.1, -0.05) is 27.2 Å². The fourth-order valence-corrected chi connectivity index (χ4v) is 14.3. The van der Waals surface area contributed by atoms with Gasteiger partial charge in [0.2, 0.25) is 0 Å². The average Bonchev–Trinajstić information content (AvgIpc) is 1.30.